The number of aliphatic hydroxyl groups excluding tert-OH is 2. The van der Waals surface area contributed by atoms with Crippen molar-refractivity contribution >= 4 is 11.6 Å². The van der Waals surface area contributed by atoms with Gasteiger partial charge >= 0.3 is 0 Å². The molecule has 1 saturated heterocycles. The van der Waals surface area contributed by atoms with Crippen LogP contribution in [0.3, 0.4) is 0 Å². The van der Waals surface area contributed by atoms with E-state index in [1.165, 1.54) is 0 Å². The highest BCUT2D eigenvalue weighted by Gasteiger charge is 2.49. The molecule has 1 amide bonds. The summed E-state index contributed by atoms with van der Waals surface area (Å²) in [5.41, 5.74) is 2.16. The van der Waals surface area contributed by atoms with Gasteiger partial charge in [-0.05, 0) is 43.9 Å². The first kappa shape index (κ1) is 23.5. The number of hydrogen-bond acceptors (Lipinski definition) is 6. The van der Waals surface area contributed by atoms with Crippen LogP contribution in [0.1, 0.15) is 38.7 Å². The predicted molar refractivity (Wildman–Crippen MR) is 125 cm³/mol. The number of fused-ring (bicyclic) bond motifs is 4. The Hall–Kier alpha value is -2.61. The number of allylic oxidation sites excluding steroid dienone is 3. The molecule has 0 saturated carbocycles. The topological polar surface area (TPSA) is 99.5 Å². The Labute approximate surface area is 194 Å². The molecule has 178 valence electrons. The summed E-state index contributed by atoms with van der Waals surface area (Å²) in [7, 11) is 1.59. The van der Waals surface area contributed by atoms with Crippen molar-refractivity contribution in [2.75, 3.05) is 12.0 Å². The molecule has 1 fully saturated rings. The van der Waals surface area contributed by atoms with Crippen LogP contribution in [0, 0.1) is 5.92 Å². The van der Waals surface area contributed by atoms with E-state index in [0.717, 1.165) is 11.1 Å². The summed E-state index contributed by atoms with van der Waals surface area (Å²) in [4.78, 5) is 14.6. The molecule has 7 nitrogen and oxygen atoms in total. The molecule has 3 aliphatic heterocycles. The standard InChI is InChI=1S/C26H33NO6/c1-15-8-7-9-17-12-18(28)13-19-26(17)33-21(24-22(32-3)14-23(30)27(19)24)11-6-4-5-10-20(29)16(2)25(15)31/h4-6,8,11-13,16,20-22,24-25,28-29,31H,7,9-10,14H2,1-3H3/b5-4+,11-6+,15-8-/t16-,20-,21+,22+,24+,25-/m0/s1. The summed E-state index contributed by atoms with van der Waals surface area (Å²) in [6.45, 7) is 3.70. The molecule has 1 aromatic rings. The van der Waals surface area contributed by atoms with E-state index in [1.807, 2.05) is 44.2 Å². The SMILES string of the molecule is CO[C@@H]1CC(=O)N2c3cc(O)cc4c3O[C@H](/C=C/C=C/C[C@H](O)[C@H](C)[C@@H](O)/C(C)=C\CC4)[C@H]12. The number of carbonyl (C=O) groups is 1. The third kappa shape index (κ3) is 4.58. The second kappa shape index (κ2) is 9.71. The lowest BCUT2D eigenvalue weighted by Crippen LogP contribution is -2.51. The van der Waals surface area contributed by atoms with Crippen LogP contribution in [0.2, 0.25) is 0 Å². The minimum atomic E-state index is -0.746. The lowest BCUT2D eigenvalue weighted by atomic mass is 9.90. The zero-order valence-corrected chi connectivity index (χ0v) is 19.3. The van der Waals surface area contributed by atoms with E-state index in [-0.39, 0.29) is 36.1 Å². The smallest absolute Gasteiger partial charge is 0.230 e. The third-order valence-electron chi connectivity index (χ3n) is 6.98. The highest BCUT2D eigenvalue weighted by atomic mass is 16.5. The molecule has 4 rings (SSSR count). The number of benzene rings is 1. The van der Waals surface area contributed by atoms with Crippen molar-refractivity contribution in [2.24, 2.45) is 5.92 Å². The second-order valence-corrected chi connectivity index (χ2v) is 9.18. The number of aromatic hydroxyl groups is 1. The van der Waals surface area contributed by atoms with Crippen LogP contribution in [0.5, 0.6) is 11.5 Å². The summed E-state index contributed by atoms with van der Waals surface area (Å²) in [6.07, 6.45) is 9.10. The van der Waals surface area contributed by atoms with Gasteiger partial charge in [0.15, 0.2) is 0 Å². The number of hydrogen-bond donors (Lipinski definition) is 3. The Morgan fingerprint density at radius 2 is 2.00 bits per heavy atom. The fourth-order valence-corrected chi connectivity index (χ4v) is 5.00. The summed E-state index contributed by atoms with van der Waals surface area (Å²) in [6, 6.07) is 2.91. The van der Waals surface area contributed by atoms with E-state index in [1.54, 1.807) is 24.1 Å². The van der Waals surface area contributed by atoms with Gasteiger partial charge in [0.1, 0.15) is 23.6 Å². The Morgan fingerprint density at radius 3 is 2.76 bits per heavy atom. The number of methoxy groups -OCH3 is 1. The van der Waals surface area contributed by atoms with E-state index < -0.39 is 18.3 Å². The van der Waals surface area contributed by atoms with Crippen LogP contribution < -0.4 is 9.64 Å². The molecule has 3 N–H and O–H groups in total. The first-order valence-corrected chi connectivity index (χ1v) is 11.5. The normalized spacial score (nSPS) is 35.8. The quantitative estimate of drug-likeness (QED) is 0.563. The number of carbonyl (C=O) groups excluding carboxylic acids is 1. The Kier molecular flexibility index (Phi) is 6.93. The van der Waals surface area contributed by atoms with E-state index >= 15 is 0 Å². The average Bonchev–Trinajstić information content (AvgIpc) is 3.14. The van der Waals surface area contributed by atoms with Gasteiger partial charge in [0, 0.05) is 24.7 Å². The Bertz CT molecular complexity index is 983. The molecule has 33 heavy (non-hydrogen) atoms. The summed E-state index contributed by atoms with van der Waals surface area (Å²) >= 11 is 0. The van der Waals surface area contributed by atoms with E-state index in [2.05, 4.69) is 0 Å². The van der Waals surface area contributed by atoms with Crippen molar-refractivity contribution in [2.45, 2.75) is 70.0 Å². The molecule has 2 bridgehead atoms. The number of aryl methyl sites for hydroxylation is 1. The molecule has 0 aromatic heterocycles. The minimum Gasteiger partial charge on any atom is -0.508 e. The first-order valence-electron chi connectivity index (χ1n) is 11.5. The number of ether oxygens (including phenoxy) is 2. The number of aliphatic hydroxyl groups is 2. The fourth-order valence-electron chi connectivity index (χ4n) is 5.00. The van der Waals surface area contributed by atoms with Crippen LogP contribution in [-0.4, -0.2) is 58.8 Å². The minimum absolute atomic E-state index is 0.0627. The number of nitrogens with zero attached hydrogens (tertiary/aromatic N) is 1. The summed E-state index contributed by atoms with van der Waals surface area (Å²) in [5, 5.41) is 31.5. The van der Waals surface area contributed by atoms with Gasteiger partial charge in [-0.25, -0.2) is 0 Å². The molecule has 0 aliphatic carbocycles. The molecule has 0 radical (unpaired) electrons. The largest absolute Gasteiger partial charge is 0.508 e. The predicted octanol–water partition coefficient (Wildman–Crippen LogP) is 3.03. The van der Waals surface area contributed by atoms with Gasteiger partial charge in [0.2, 0.25) is 5.91 Å². The van der Waals surface area contributed by atoms with Crippen molar-refractivity contribution in [1.29, 1.82) is 0 Å². The third-order valence-corrected chi connectivity index (χ3v) is 6.98. The van der Waals surface area contributed by atoms with Crippen LogP contribution >= 0.6 is 0 Å². The van der Waals surface area contributed by atoms with Crippen molar-refractivity contribution in [3.05, 3.63) is 53.6 Å². The second-order valence-electron chi connectivity index (χ2n) is 9.18. The maximum absolute atomic E-state index is 12.9. The number of phenols is 1. The van der Waals surface area contributed by atoms with Gasteiger partial charge in [-0.15, -0.1) is 0 Å². The fraction of sp³-hybridized carbons (Fsp3) is 0.500. The van der Waals surface area contributed by atoms with E-state index in [9.17, 15) is 20.1 Å². The van der Waals surface area contributed by atoms with Crippen LogP contribution in [0.15, 0.2) is 48.1 Å². The lowest BCUT2D eigenvalue weighted by Gasteiger charge is -2.39. The van der Waals surface area contributed by atoms with Gasteiger partial charge in [0.25, 0.3) is 0 Å². The maximum atomic E-state index is 12.9. The van der Waals surface area contributed by atoms with Crippen molar-refractivity contribution in [3.63, 3.8) is 0 Å². The van der Waals surface area contributed by atoms with Crippen molar-refractivity contribution in [3.8, 4) is 11.5 Å². The molecule has 0 spiro atoms. The average molecular weight is 456 g/mol. The zero-order valence-electron chi connectivity index (χ0n) is 19.3. The Morgan fingerprint density at radius 1 is 1.21 bits per heavy atom. The van der Waals surface area contributed by atoms with Gasteiger partial charge < -0.3 is 24.8 Å². The lowest BCUT2D eigenvalue weighted by molar-refractivity contribution is -0.117. The van der Waals surface area contributed by atoms with Crippen molar-refractivity contribution < 1.29 is 29.6 Å². The number of anilines is 1. The summed E-state index contributed by atoms with van der Waals surface area (Å²) < 4.78 is 12.0. The van der Waals surface area contributed by atoms with E-state index in [4.69, 9.17) is 9.47 Å². The summed E-state index contributed by atoms with van der Waals surface area (Å²) in [5.74, 6) is 0.298. The maximum Gasteiger partial charge on any atom is 0.230 e. The number of rotatable bonds is 1. The molecule has 3 aliphatic rings. The van der Waals surface area contributed by atoms with Crippen LogP contribution in [-0.2, 0) is 16.0 Å². The molecule has 3 heterocycles. The van der Waals surface area contributed by atoms with E-state index in [0.29, 0.717) is 30.7 Å². The van der Waals surface area contributed by atoms with Gasteiger partial charge in [-0.1, -0.05) is 31.2 Å². The molecular formula is C26H33NO6. The molecule has 0 unspecified atom stereocenters. The van der Waals surface area contributed by atoms with Gasteiger partial charge in [-0.3, -0.25) is 9.69 Å². The van der Waals surface area contributed by atoms with Crippen LogP contribution in [0.25, 0.3) is 0 Å². The molecule has 7 heteroatoms. The number of phenolic OH excluding ortho intramolecular Hbond substituents is 1. The molecule has 1 aromatic carbocycles. The number of amides is 1. The van der Waals surface area contributed by atoms with Crippen LogP contribution in [0.4, 0.5) is 5.69 Å². The first-order chi connectivity index (χ1) is 15.8. The monoisotopic (exact) mass is 455 g/mol. The molecule has 6 atom stereocenters. The van der Waals surface area contributed by atoms with Gasteiger partial charge in [0.05, 0.1) is 30.4 Å². The highest BCUT2D eigenvalue weighted by molar-refractivity contribution is 5.99. The molecular weight excluding hydrogens is 422 g/mol. The highest BCUT2D eigenvalue weighted by Crippen LogP contribution is 2.46. The van der Waals surface area contributed by atoms with Crippen molar-refractivity contribution in [1.82, 2.24) is 0 Å². The Balaban J connectivity index is 1.77. The van der Waals surface area contributed by atoms with Gasteiger partial charge in [-0.2, -0.15) is 0 Å². The zero-order chi connectivity index (χ0) is 23.7.